The molecule has 1 aliphatic heterocycles. The third-order valence-electron chi connectivity index (χ3n) is 9.65. The lowest BCUT2D eigenvalue weighted by Crippen LogP contribution is -2.34. The number of nitrogens with zero attached hydrogens (tertiary/aromatic N) is 3. The lowest BCUT2D eigenvalue weighted by molar-refractivity contribution is 0.667. The van der Waals surface area contributed by atoms with Crippen LogP contribution in [0.15, 0.2) is 184 Å². The van der Waals surface area contributed by atoms with Crippen LogP contribution in [0, 0.1) is 0 Å². The van der Waals surface area contributed by atoms with Crippen LogP contribution >= 0.6 is 0 Å². The van der Waals surface area contributed by atoms with E-state index >= 15 is 0 Å². The fourth-order valence-electron chi connectivity index (χ4n) is 7.30. The first-order valence-corrected chi connectivity index (χ1v) is 16.9. The summed E-state index contributed by atoms with van der Waals surface area (Å²) in [7, 11) is 0. The molecule has 0 saturated heterocycles. The molecule has 1 aliphatic rings. The molecule has 50 heavy (non-hydrogen) atoms. The molecule has 3 heterocycles. The predicted molar refractivity (Wildman–Crippen MR) is 205 cm³/mol. The highest BCUT2D eigenvalue weighted by Crippen LogP contribution is 2.40. The van der Waals surface area contributed by atoms with Crippen molar-refractivity contribution in [1.29, 1.82) is 0 Å². The second-order valence-electron chi connectivity index (χ2n) is 12.7. The quantitative estimate of drug-likeness (QED) is 0.203. The lowest BCUT2D eigenvalue weighted by atomic mass is 9.95. The van der Waals surface area contributed by atoms with Gasteiger partial charge in [0.05, 0.1) is 11.0 Å². The van der Waals surface area contributed by atoms with E-state index in [4.69, 9.17) is 14.4 Å². The summed E-state index contributed by atoms with van der Waals surface area (Å²) in [4.78, 5) is 10.2. The van der Waals surface area contributed by atoms with Gasteiger partial charge in [-0.2, -0.15) is 0 Å². The minimum absolute atomic E-state index is 0.305. The molecule has 0 amide bonds. The van der Waals surface area contributed by atoms with Gasteiger partial charge in [0.25, 0.3) is 0 Å². The minimum atomic E-state index is -0.305. The fraction of sp³-hybridized carbons (Fsp3) is 0.0222. The second kappa shape index (κ2) is 11.5. The van der Waals surface area contributed by atoms with Gasteiger partial charge in [0, 0.05) is 44.4 Å². The van der Waals surface area contributed by atoms with Crippen molar-refractivity contribution in [2.24, 2.45) is 9.98 Å². The first-order valence-electron chi connectivity index (χ1n) is 16.9. The fourth-order valence-corrected chi connectivity index (χ4v) is 7.30. The Labute approximate surface area is 288 Å². The molecule has 1 atom stereocenters. The van der Waals surface area contributed by atoms with Crippen molar-refractivity contribution in [2.75, 3.05) is 0 Å². The van der Waals surface area contributed by atoms with Crippen LogP contribution in [-0.2, 0) is 0 Å². The van der Waals surface area contributed by atoms with Crippen LogP contribution in [0.4, 0.5) is 0 Å². The van der Waals surface area contributed by atoms with E-state index in [0.29, 0.717) is 5.84 Å². The summed E-state index contributed by atoms with van der Waals surface area (Å²) >= 11 is 0. The van der Waals surface area contributed by atoms with Gasteiger partial charge in [-0.05, 0) is 53.1 Å². The summed E-state index contributed by atoms with van der Waals surface area (Å²) in [6.45, 7) is 0. The second-order valence-corrected chi connectivity index (χ2v) is 12.7. The molecule has 2 aromatic heterocycles. The third kappa shape index (κ3) is 4.63. The Bertz CT molecular complexity index is 2760. The molecule has 1 N–H and O–H groups in total. The first-order chi connectivity index (χ1) is 24.8. The molecule has 0 fully saturated rings. The van der Waals surface area contributed by atoms with Crippen LogP contribution in [0.25, 0.3) is 60.6 Å². The van der Waals surface area contributed by atoms with Crippen LogP contribution in [-0.4, -0.2) is 16.2 Å². The number of nitrogens with one attached hydrogen (secondary N) is 1. The van der Waals surface area contributed by atoms with E-state index in [9.17, 15) is 0 Å². The van der Waals surface area contributed by atoms with Gasteiger partial charge in [-0.25, -0.2) is 9.98 Å². The average Bonchev–Trinajstić information content (AvgIpc) is 3.71. The number of furan rings is 1. The van der Waals surface area contributed by atoms with Gasteiger partial charge in [-0.1, -0.05) is 127 Å². The van der Waals surface area contributed by atoms with Crippen molar-refractivity contribution in [3.8, 4) is 16.8 Å². The molecule has 9 aromatic rings. The Balaban J connectivity index is 1.22. The number of aromatic nitrogens is 1. The zero-order chi connectivity index (χ0) is 33.0. The molecule has 236 valence electrons. The third-order valence-corrected chi connectivity index (χ3v) is 9.65. The van der Waals surface area contributed by atoms with Crippen molar-refractivity contribution in [1.82, 2.24) is 9.88 Å². The lowest BCUT2D eigenvalue weighted by Gasteiger charge is -2.25. The highest BCUT2D eigenvalue weighted by Gasteiger charge is 2.25. The van der Waals surface area contributed by atoms with Gasteiger partial charge in [0.2, 0.25) is 0 Å². The Morgan fingerprint density at radius 3 is 1.88 bits per heavy atom. The number of rotatable bonds is 5. The van der Waals surface area contributed by atoms with Gasteiger partial charge in [0.15, 0.2) is 5.84 Å². The molecule has 0 aliphatic carbocycles. The molecular weight excluding hydrogens is 613 g/mol. The molecule has 10 rings (SSSR count). The van der Waals surface area contributed by atoms with Crippen molar-refractivity contribution in [3.05, 3.63) is 187 Å². The minimum Gasteiger partial charge on any atom is -0.456 e. The standard InChI is InChI=1S/C45H30N4O/c1-5-15-29(16-6-1)34-25-36-37-26-35-33-23-13-14-24-39(33)49(32-21-11-4-12-22-32)40(35)28-42(37)50-41(36)27-38(34)45-47-43(30-17-7-2-8-18-30)46-44(48-45)31-19-9-3-10-20-31/h1-28,43H,(H,46,47,48). The Kier molecular flexibility index (Phi) is 6.49. The van der Waals surface area contributed by atoms with E-state index < -0.39 is 0 Å². The van der Waals surface area contributed by atoms with Crippen molar-refractivity contribution < 1.29 is 4.42 Å². The SMILES string of the molecule is c1ccc(C2=NC(c3ccccc3)NC(c3cc4oc5cc6c(cc5c4cc3-c3ccccc3)c3ccccc3n6-c3ccccc3)=N2)cc1. The zero-order valence-electron chi connectivity index (χ0n) is 27.0. The van der Waals surface area contributed by atoms with Gasteiger partial charge in [-0.15, -0.1) is 0 Å². The van der Waals surface area contributed by atoms with Gasteiger partial charge in [-0.3, -0.25) is 0 Å². The van der Waals surface area contributed by atoms with E-state index in [-0.39, 0.29) is 6.17 Å². The molecule has 5 nitrogen and oxygen atoms in total. The number of hydrogen-bond donors (Lipinski definition) is 1. The number of para-hydroxylation sites is 2. The molecular formula is C45H30N4O. The van der Waals surface area contributed by atoms with Crippen LogP contribution < -0.4 is 5.32 Å². The van der Waals surface area contributed by atoms with Gasteiger partial charge in [0.1, 0.15) is 23.2 Å². The van der Waals surface area contributed by atoms with E-state index in [1.807, 2.05) is 36.4 Å². The van der Waals surface area contributed by atoms with Gasteiger partial charge >= 0.3 is 0 Å². The van der Waals surface area contributed by atoms with E-state index in [0.717, 1.165) is 66.8 Å². The van der Waals surface area contributed by atoms with Crippen LogP contribution in [0.5, 0.6) is 0 Å². The Morgan fingerprint density at radius 1 is 0.500 bits per heavy atom. The molecule has 1 unspecified atom stereocenters. The van der Waals surface area contributed by atoms with Crippen molar-refractivity contribution >= 4 is 55.4 Å². The number of benzene rings is 7. The molecule has 5 heteroatoms. The summed E-state index contributed by atoms with van der Waals surface area (Å²) in [6.07, 6.45) is -0.305. The Morgan fingerprint density at radius 2 is 1.12 bits per heavy atom. The molecule has 7 aromatic carbocycles. The largest absolute Gasteiger partial charge is 0.456 e. The topological polar surface area (TPSA) is 54.8 Å². The Hall–Kier alpha value is -6.72. The monoisotopic (exact) mass is 642 g/mol. The summed E-state index contributed by atoms with van der Waals surface area (Å²) in [5.41, 5.74) is 10.2. The average molecular weight is 643 g/mol. The van der Waals surface area contributed by atoms with Crippen molar-refractivity contribution in [3.63, 3.8) is 0 Å². The first kappa shape index (κ1) is 28.3. The summed E-state index contributed by atoms with van der Waals surface area (Å²) < 4.78 is 9.09. The normalized spacial score (nSPS) is 14.6. The van der Waals surface area contributed by atoms with Crippen LogP contribution in [0.2, 0.25) is 0 Å². The predicted octanol–water partition coefficient (Wildman–Crippen LogP) is 10.8. The highest BCUT2D eigenvalue weighted by atomic mass is 16.3. The van der Waals surface area contributed by atoms with E-state index in [1.165, 1.54) is 16.3 Å². The zero-order valence-corrected chi connectivity index (χ0v) is 27.0. The molecule has 0 spiro atoms. The molecule has 0 radical (unpaired) electrons. The van der Waals surface area contributed by atoms with Gasteiger partial charge < -0.3 is 14.3 Å². The van der Waals surface area contributed by atoms with E-state index in [1.54, 1.807) is 0 Å². The molecule has 0 bridgehead atoms. The maximum absolute atomic E-state index is 6.77. The van der Waals surface area contributed by atoms with Crippen LogP contribution in [0.1, 0.15) is 22.9 Å². The van der Waals surface area contributed by atoms with Crippen molar-refractivity contribution in [2.45, 2.75) is 6.17 Å². The maximum atomic E-state index is 6.77. The maximum Gasteiger partial charge on any atom is 0.159 e. The highest BCUT2D eigenvalue weighted by molar-refractivity contribution is 6.20. The number of aliphatic imine (C=N–C) groups is 2. The number of hydrogen-bond acceptors (Lipinski definition) is 4. The summed E-state index contributed by atoms with van der Waals surface area (Å²) in [6, 6.07) is 59.1. The summed E-state index contributed by atoms with van der Waals surface area (Å²) in [5.74, 6) is 1.44. The number of fused-ring (bicyclic) bond motifs is 6. The smallest absolute Gasteiger partial charge is 0.159 e. The molecule has 0 saturated carbocycles. The van der Waals surface area contributed by atoms with E-state index in [2.05, 4.69) is 143 Å². The number of amidine groups is 2. The summed E-state index contributed by atoms with van der Waals surface area (Å²) in [5, 5.41) is 8.23. The van der Waals surface area contributed by atoms with Crippen LogP contribution in [0.3, 0.4) is 0 Å².